The van der Waals surface area contributed by atoms with Crippen molar-refractivity contribution in [3.05, 3.63) is 71.7 Å². The SMILES string of the molecule is Cc1cc(Nc2nc(C(CCN)c3ccc(F)cn3)nc3ccccc23)n[nH]1. The lowest BCUT2D eigenvalue weighted by Crippen LogP contribution is -2.14. The highest BCUT2D eigenvalue weighted by atomic mass is 19.1. The first-order valence-corrected chi connectivity index (χ1v) is 9.01. The molecule has 0 saturated heterocycles. The van der Waals surface area contributed by atoms with Crippen molar-refractivity contribution >= 4 is 22.5 Å². The minimum Gasteiger partial charge on any atom is -0.330 e. The number of anilines is 2. The lowest BCUT2D eigenvalue weighted by molar-refractivity contribution is 0.610. The summed E-state index contributed by atoms with van der Waals surface area (Å²) in [6.07, 6.45) is 1.80. The highest BCUT2D eigenvalue weighted by molar-refractivity contribution is 5.90. The van der Waals surface area contributed by atoms with Gasteiger partial charge in [0, 0.05) is 17.1 Å². The molecular formula is C20H20FN7. The zero-order chi connectivity index (χ0) is 19.5. The molecule has 3 aromatic heterocycles. The third kappa shape index (κ3) is 3.67. The van der Waals surface area contributed by atoms with Crippen LogP contribution in [0.25, 0.3) is 10.9 Å². The maximum atomic E-state index is 13.3. The molecule has 0 fully saturated rings. The van der Waals surface area contributed by atoms with Gasteiger partial charge in [-0.2, -0.15) is 5.10 Å². The maximum Gasteiger partial charge on any atom is 0.153 e. The second-order valence-electron chi connectivity index (χ2n) is 6.54. The molecule has 1 atom stereocenters. The molecule has 0 spiro atoms. The molecule has 4 rings (SSSR count). The summed E-state index contributed by atoms with van der Waals surface area (Å²) in [7, 11) is 0. The van der Waals surface area contributed by atoms with Crippen molar-refractivity contribution in [3.63, 3.8) is 0 Å². The van der Waals surface area contributed by atoms with Crippen molar-refractivity contribution in [2.24, 2.45) is 5.73 Å². The Morgan fingerprint density at radius 2 is 2.04 bits per heavy atom. The van der Waals surface area contributed by atoms with Gasteiger partial charge in [-0.25, -0.2) is 14.4 Å². The van der Waals surface area contributed by atoms with Crippen molar-refractivity contribution in [3.8, 4) is 0 Å². The summed E-state index contributed by atoms with van der Waals surface area (Å²) in [4.78, 5) is 13.7. The summed E-state index contributed by atoms with van der Waals surface area (Å²) >= 11 is 0. The van der Waals surface area contributed by atoms with Crippen molar-refractivity contribution in [2.75, 3.05) is 11.9 Å². The number of hydrogen-bond donors (Lipinski definition) is 3. The first-order valence-electron chi connectivity index (χ1n) is 9.01. The molecule has 1 unspecified atom stereocenters. The molecule has 4 N–H and O–H groups in total. The van der Waals surface area contributed by atoms with Crippen molar-refractivity contribution in [1.29, 1.82) is 0 Å². The number of aromatic amines is 1. The van der Waals surface area contributed by atoms with Crippen LogP contribution in [-0.4, -0.2) is 31.7 Å². The van der Waals surface area contributed by atoms with E-state index in [1.807, 2.05) is 37.3 Å². The Balaban J connectivity index is 1.82. The number of pyridine rings is 1. The van der Waals surface area contributed by atoms with E-state index in [1.54, 1.807) is 6.07 Å². The molecule has 8 heteroatoms. The van der Waals surface area contributed by atoms with E-state index in [0.717, 1.165) is 16.6 Å². The van der Waals surface area contributed by atoms with Gasteiger partial charge in [0.1, 0.15) is 17.5 Å². The number of nitrogens with one attached hydrogen (secondary N) is 2. The third-order valence-corrected chi connectivity index (χ3v) is 4.45. The van der Waals surface area contributed by atoms with E-state index >= 15 is 0 Å². The van der Waals surface area contributed by atoms with Crippen LogP contribution < -0.4 is 11.1 Å². The highest BCUT2D eigenvalue weighted by Crippen LogP contribution is 2.29. The van der Waals surface area contributed by atoms with Gasteiger partial charge in [-0.15, -0.1) is 0 Å². The number of aromatic nitrogens is 5. The number of hydrogen-bond acceptors (Lipinski definition) is 6. The molecule has 0 aliphatic carbocycles. The van der Waals surface area contributed by atoms with Gasteiger partial charge >= 0.3 is 0 Å². The van der Waals surface area contributed by atoms with E-state index in [9.17, 15) is 4.39 Å². The van der Waals surface area contributed by atoms with Crippen molar-refractivity contribution in [1.82, 2.24) is 25.1 Å². The fourth-order valence-corrected chi connectivity index (χ4v) is 3.12. The summed E-state index contributed by atoms with van der Waals surface area (Å²) in [5.74, 6) is 1.28. The van der Waals surface area contributed by atoms with E-state index in [4.69, 9.17) is 15.7 Å². The number of para-hydroxylation sites is 1. The molecule has 0 saturated carbocycles. The van der Waals surface area contributed by atoms with Gasteiger partial charge in [-0.1, -0.05) is 12.1 Å². The average molecular weight is 377 g/mol. The van der Waals surface area contributed by atoms with E-state index in [-0.39, 0.29) is 11.7 Å². The number of H-pyrrole nitrogens is 1. The van der Waals surface area contributed by atoms with Gasteiger partial charge in [-0.05, 0) is 44.2 Å². The minimum absolute atomic E-state index is 0.239. The fourth-order valence-electron chi connectivity index (χ4n) is 3.12. The molecule has 28 heavy (non-hydrogen) atoms. The van der Waals surface area contributed by atoms with E-state index in [0.29, 0.717) is 36.1 Å². The number of benzene rings is 1. The van der Waals surface area contributed by atoms with Crippen LogP contribution in [0.2, 0.25) is 0 Å². The summed E-state index contributed by atoms with van der Waals surface area (Å²) < 4.78 is 13.3. The molecule has 4 aromatic rings. The van der Waals surface area contributed by atoms with Crippen molar-refractivity contribution < 1.29 is 4.39 Å². The molecule has 0 radical (unpaired) electrons. The first-order chi connectivity index (χ1) is 13.6. The number of nitrogens with zero attached hydrogens (tertiary/aromatic N) is 4. The normalized spacial score (nSPS) is 12.2. The first kappa shape index (κ1) is 18.0. The standard InChI is InChI=1S/C20H20FN7/c1-12-10-18(28-27-12)25-20-14-4-2-3-5-17(14)24-19(26-20)15(8-9-22)16-7-6-13(21)11-23-16/h2-7,10-11,15H,8-9,22H2,1H3,(H2,24,25,26,27,28). The second-order valence-corrected chi connectivity index (χ2v) is 6.54. The van der Waals surface area contributed by atoms with Crippen molar-refractivity contribution in [2.45, 2.75) is 19.3 Å². The third-order valence-electron chi connectivity index (χ3n) is 4.45. The minimum atomic E-state index is -0.383. The molecule has 1 aromatic carbocycles. The molecule has 3 heterocycles. The van der Waals surface area contributed by atoms with Gasteiger partial charge in [0.25, 0.3) is 0 Å². The van der Waals surface area contributed by atoms with Crippen LogP contribution in [0.4, 0.5) is 16.0 Å². The monoisotopic (exact) mass is 377 g/mol. The van der Waals surface area contributed by atoms with Gasteiger partial charge in [0.15, 0.2) is 5.82 Å². The number of fused-ring (bicyclic) bond motifs is 1. The van der Waals surface area contributed by atoms with Crippen LogP contribution >= 0.6 is 0 Å². The van der Waals surface area contributed by atoms with Gasteiger partial charge < -0.3 is 11.1 Å². The van der Waals surface area contributed by atoms with Crippen LogP contribution in [0.5, 0.6) is 0 Å². The van der Waals surface area contributed by atoms with E-state index in [2.05, 4.69) is 20.5 Å². The Morgan fingerprint density at radius 3 is 2.75 bits per heavy atom. The van der Waals surface area contributed by atoms with Crippen LogP contribution in [0.15, 0.2) is 48.7 Å². The van der Waals surface area contributed by atoms with Gasteiger partial charge in [0.2, 0.25) is 0 Å². The molecule has 0 aliphatic heterocycles. The second kappa shape index (κ2) is 7.69. The van der Waals surface area contributed by atoms with Gasteiger partial charge in [0.05, 0.1) is 23.3 Å². The summed E-state index contributed by atoms with van der Waals surface area (Å²) in [5, 5.41) is 11.3. The van der Waals surface area contributed by atoms with Gasteiger partial charge in [-0.3, -0.25) is 10.1 Å². The largest absolute Gasteiger partial charge is 0.330 e. The molecule has 0 bridgehead atoms. The zero-order valence-electron chi connectivity index (χ0n) is 15.4. The lowest BCUT2D eigenvalue weighted by Gasteiger charge is -2.17. The Hall–Kier alpha value is -3.39. The van der Waals surface area contributed by atoms with E-state index < -0.39 is 0 Å². The topological polar surface area (TPSA) is 105 Å². The smallest absolute Gasteiger partial charge is 0.153 e. The maximum absolute atomic E-state index is 13.3. The molecule has 0 amide bonds. The van der Waals surface area contributed by atoms with Crippen LogP contribution in [0.3, 0.4) is 0 Å². The van der Waals surface area contributed by atoms with Crippen LogP contribution in [0, 0.1) is 12.7 Å². The number of rotatable bonds is 6. The Morgan fingerprint density at radius 1 is 1.18 bits per heavy atom. The molecule has 7 nitrogen and oxygen atoms in total. The highest BCUT2D eigenvalue weighted by Gasteiger charge is 2.20. The zero-order valence-corrected chi connectivity index (χ0v) is 15.4. The van der Waals surface area contributed by atoms with E-state index in [1.165, 1.54) is 12.3 Å². The number of halogens is 1. The Bertz CT molecular complexity index is 1090. The Kier molecular flexibility index (Phi) is 4.94. The molecule has 142 valence electrons. The summed E-state index contributed by atoms with van der Waals surface area (Å²) in [5.41, 5.74) is 8.25. The lowest BCUT2D eigenvalue weighted by atomic mass is 9.99. The quantitative estimate of drug-likeness (QED) is 0.475. The summed E-state index contributed by atoms with van der Waals surface area (Å²) in [6, 6.07) is 12.7. The Labute approximate surface area is 161 Å². The van der Waals surface area contributed by atoms with Crippen LogP contribution in [0.1, 0.15) is 29.6 Å². The average Bonchev–Trinajstić information content (AvgIpc) is 3.11. The van der Waals surface area contributed by atoms with Crippen LogP contribution in [-0.2, 0) is 0 Å². The molecule has 0 aliphatic rings. The fraction of sp³-hybridized carbons (Fsp3) is 0.200. The molecular weight excluding hydrogens is 357 g/mol. The number of aryl methyl sites for hydroxylation is 1. The summed E-state index contributed by atoms with van der Waals surface area (Å²) in [6.45, 7) is 2.36. The number of nitrogens with two attached hydrogens (primary N) is 1. The predicted octanol–water partition coefficient (Wildman–Crippen LogP) is 3.42. The predicted molar refractivity (Wildman–Crippen MR) is 106 cm³/mol.